The summed E-state index contributed by atoms with van der Waals surface area (Å²) in [6.07, 6.45) is 8.66. The van der Waals surface area contributed by atoms with Crippen LogP contribution in [0.2, 0.25) is 0 Å². The molecular formula is C9H12N2. The van der Waals surface area contributed by atoms with Crippen LogP contribution >= 0.6 is 0 Å². The minimum absolute atomic E-state index is 1.02. The summed E-state index contributed by atoms with van der Waals surface area (Å²) in [6, 6.07) is 0. The Bertz CT molecular complexity index is 244. The van der Waals surface area contributed by atoms with E-state index in [9.17, 15) is 0 Å². The van der Waals surface area contributed by atoms with Crippen LogP contribution in [0, 0.1) is 0 Å². The Morgan fingerprint density at radius 3 is 3.09 bits per heavy atom. The van der Waals surface area contributed by atoms with Gasteiger partial charge in [-0.1, -0.05) is 13.0 Å². The Morgan fingerprint density at radius 1 is 1.64 bits per heavy atom. The summed E-state index contributed by atoms with van der Waals surface area (Å²) in [4.78, 5) is 8.14. The van der Waals surface area contributed by atoms with Crippen molar-refractivity contribution in [1.29, 1.82) is 0 Å². The Hall–Kier alpha value is -1.18. The highest BCUT2D eigenvalue weighted by Crippen LogP contribution is 2.03. The minimum atomic E-state index is 1.02. The van der Waals surface area contributed by atoms with E-state index >= 15 is 0 Å². The molecule has 0 N–H and O–H groups in total. The predicted molar refractivity (Wildman–Crippen MR) is 49.4 cm³/mol. The zero-order valence-corrected chi connectivity index (χ0v) is 6.91. The SMILES string of the molecule is CC/C=C1/C=NC=CC1=NC. The molecule has 2 nitrogen and oxygen atoms in total. The Kier molecular flexibility index (Phi) is 2.78. The molecule has 0 aromatic heterocycles. The van der Waals surface area contributed by atoms with Gasteiger partial charge in [-0.25, -0.2) is 0 Å². The van der Waals surface area contributed by atoms with Crippen LogP contribution < -0.4 is 0 Å². The monoisotopic (exact) mass is 148 g/mol. The van der Waals surface area contributed by atoms with Crippen molar-refractivity contribution in [2.75, 3.05) is 7.05 Å². The third kappa shape index (κ3) is 1.87. The normalized spacial score (nSPS) is 23.5. The molecule has 0 fully saturated rings. The predicted octanol–water partition coefficient (Wildman–Crippen LogP) is 1.99. The van der Waals surface area contributed by atoms with Gasteiger partial charge in [0.25, 0.3) is 0 Å². The van der Waals surface area contributed by atoms with Gasteiger partial charge in [0.15, 0.2) is 0 Å². The highest BCUT2D eigenvalue weighted by Gasteiger charge is 2.01. The summed E-state index contributed by atoms with van der Waals surface area (Å²) >= 11 is 0. The molecular weight excluding hydrogens is 136 g/mol. The van der Waals surface area contributed by atoms with E-state index < -0.39 is 0 Å². The molecule has 0 radical (unpaired) electrons. The van der Waals surface area contributed by atoms with Gasteiger partial charge in [-0.2, -0.15) is 0 Å². The molecule has 0 spiro atoms. The molecule has 0 unspecified atom stereocenters. The molecule has 0 aromatic rings. The first kappa shape index (κ1) is 7.92. The Labute approximate surface area is 67.1 Å². The summed E-state index contributed by atoms with van der Waals surface area (Å²) in [5.41, 5.74) is 2.14. The molecule has 0 saturated carbocycles. The summed E-state index contributed by atoms with van der Waals surface area (Å²) in [5, 5.41) is 0. The van der Waals surface area contributed by atoms with Crippen LogP contribution in [0.5, 0.6) is 0 Å². The van der Waals surface area contributed by atoms with E-state index in [0.717, 1.165) is 17.7 Å². The van der Waals surface area contributed by atoms with Crippen LogP contribution in [0.25, 0.3) is 0 Å². The number of hydrogen-bond donors (Lipinski definition) is 0. The second-order valence-electron chi connectivity index (χ2n) is 2.27. The molecule has 0 amide bonds. The second-order valence-corrected chi connectivity index (χ2v) is 2.27. The van der Waals surface area contributed by atoms with Gasteiger partial charge in [-0.3, -0.25) is 9.98 Å². The summed E-state index contributed by atoms with van der Waals surface area (Å²) in [7, 11) is 1.79. The lowest BCUT2D eigenvalue weighted by molar-refractivity contribution is 1.22. The van der Waals surface area contributed by atoms with Crippen molar-refractivity contribution in [2.45, 2.75) is 13.3 Å². The van der Waals surface area contributed by atoms with Crippen molar-refractivity contribution in [3.05, 3.63) is 23.9 Å². The van der Waals surface area contributed by atoms with E-state index in [1.807, 2.05) is 12.3 Å². The number of hydrogen-bond acceptors (Lipinski definition) is 2. The molecule has 0 atom stereocenters. The van der Waals surface area contributed by atoms with E-state index in [1.165, 1.54) is 0 Å². The number of rotatable bonds is 1. The van der Waals surface area contributed by atoms with Gasteiger partial charge in [0.1, 0.15) is 0 Å². The minimum Gasteiger partial charge on any atom is -0.288 e. The van der Waals surface area contributed by atoms with Crippen LogP contribution in [-0.2, 0) is 0 Å². The molecule has 0 saturated heterocycles. The summed E-state index contributed by atoms with van der Waals surface area (Å²) in [5.74, 6) is 0. The van der Waals surface area contributed by atoms with E-state index in [4.69, 9.17) is 0 Å². The lowest BCUT2D eigenvalue weighted by atomic mass is 10.1. The third-order valence-corrected chi connectivity index (χ3v) is 1.49. The quantitative estimate of drug-likeness (QED) is 0.543. The molecule has 11 heavy (non-hydrogen) atoms. The average molecular weight is 148 g/mol. The summed E-state index contributed by atoms with van der Waals surface area (Å²) in [6.45, 7) is 2.10. The van der Waals surface area contributed by atoms with Crippen molar-refractivity contribution in [3.63, 3.8) is 0 Å². The highest BCUT2D eigenvalue weighted by molar-refractivity contribution is 6.22. The zero-order chi connectivity index (χ0) is 8.10. The van der Waals surface area contributed by atoms with Crippen molar-refractivity contribution in [3.8, 4) is 0 Å². The van der Waals surface area contributed by atoms with E-state index in [1.54, 1.807) is 13.2 Å². The fourth-order valence-corrected chi connectivity index (χ4v) is 0.980. The van der Waals surface area contributed by atoms with Crippen LogP contribution in [0.3, 0.4) is 0 Å². The maximum Gasteiger partial charge on any atom is 0.0670 e. The molecule has 0 bridgehead atoms. The van der Waals surface area contributed by atoms with Crippen molar-refractivity contribution >= 4 is 11.9 Å². The van der Waals surface area contributed by atoms with Gasteiger partial charge in [0.05, 0.1) is 5.71 Å². The molecule has 1 heterocycles. The first-order chi connectivity index (χ1) is 5.38. The van der Waals surface area contributed by atoms with Gasteiger partial charge in [-0.15, -0.1) is 0 Å². The van der Waals surface area contributed by atoms with Crippen LogP contribution in [-0.4, -0.2) is 19.0 Å². The molecule has 0 aliphatic carbocycles. The second kappa shape index (κ2) is 3.86. The maximum atomic E-state index is 4.12. The van der Waals surface area contributed by atoms with Gasteiger partial charge >= 0.3 is 0 Å². The first-order valence-corrected chi connectivity index (χ1v) is 3.75. The molecule has 1 rings (SSSR count). The molecule has 1 aliphatic heterocycles. The number of allylic oxidation sites excluding steroid dienone is 3. The van der Waals surface area contributed by atoms with E-state index in [-0.39, 0.29) is 0 Å². The smallest absolute Gasteiger partial charge is 0.0670 e. The van der Waals surface area contributed by atoms with Gasteiger partial charge in [0.2, 0.25) is 0 Å². The average Bonchev–Trinajstić information content (AvgIpc) is 2.06. The van der Waals surface area contributed by atoms with E-state index in [2.05, 4.69) is 23.0 Å². The third-order valence-electron chi connectivity index (χ3n) is 1.49. The van der Waals surface area contributed by atoms with Crippen LogP contribution in [0.15, 0.2) is 33.9 Å². The largest absolute Gasteiger partial charge is 0.288 e. The first-order valence-electron chi connectivity index (χ1n) is 3.75. The van der Waals surface area contributed by atoms with Crippen LogP contribution in [0.1, 0.15) is 13.3 Å². The van der Waals surface area contributed by atoms with Gasteiger partial charge in [0, 0.05) is 25.0 Å². The van der Waals surface area contributed by atoms with Crippen molar-refractivity contribution in [2.24, 2.45) is 9.98 Å². The summed E-state index contributed by atoms with van der Waals surface area (Å²) < 4.78 is 0. The molecule has 58 valence electrons. The Morgan fingerprint density at radius 2 is 2.45 bits per heavy atom. The van der Waals surface area contributed by atoms with Gasteiger partial charge in [-0.05, 0) is 12.5 Å². The number of nitrogens with zero attached hydrogens (tertiary/aromatic N) is 2. The molecule has 1 aliphatic rings. The van der Waals surface area contributed by atoms with Crippen LogP contribution in [0.4, 0.5) is 0 Å². The Balaban J connectivity index is 2.88. The fraction of sp³-hybridized carbons (Fsp3) is 0.333. The topological polar surface area (TPSA) is 24.7 Å². The maximum absolute atomic E-state index is 4.12. The molecule has 2 heteroatoms. The standard InChI is InChI=1S/C9H12N2/c1-3-4-8-7-11-6-5-9(8)10-2/h4-7H,3H2,1-2H3/b8-4-,10-9?. The highest BCUT2D eigenvalue weighted by atomic mass is 14.7. The number of aliphatic imine (C=N–C) groups is 2. The lowest BCUT2D eigenvalue weighted by Crippen LogP contribution is -2.03. The van der Waals surface area contributed by atoms with Crippen molar-refractivity contribution in [1.82, 2.24) is 0 Å². The lowest BCUT2D eigenvalue weighted by Gasteiger charge is -2.03. The van der Waals surface area contributed by atoms with Crippen molar-refractivity contribution < 1.29 is 0 Å². The fourth-order valence-electron chi connectivity index (χ4n) is 0.980. The van der Waals surface area contributed by atoms with Gasteiger partial charge < -0.3 is 0 Å². The van der Waals surface area contributed by atoms with E-state index in [0.29, 0.717) is 0 Å². The molecule has 0 aromatic carbocycles. The zero-order valence-electron chi connectivity index (χ0n) is 6.91.